The van der Waals surface area contributed by atoms with Crippen LogP contribution in [0, 0.1) is 0 Å². The summed E-state index contributed by atoms with van der Waals surface area (Å²) in [7, 11) is 1.40. The van der Waals surface area contributed by atoms with Crippen LogP contribution in [-0.4, -0.2) is 19.1 Å². The van der Waals surface area contributed by atoms with Crippen LogP contribution in [-0.2, 0) is 4.74 Å². The van der Waals surface area contributed by atoms with Crippen molar-refractivity contribution >= 4 is 11.7 Å². The van der Waals surface area contributed by atoms with Crippen molar-refractivity contribution < 1.29 is 9.53 Å². The monoisotopic (exact) mass is 249 g/mol. The SMILES string of the molecule is CCCCCC(C)Nc1cccc(C(=O)OC)c1. The van der Waals surface area contributed by atoms with Gasteiger partial charge in [-0.1, -0.05) is 32.3 Å². The fraction of sp³-hybridized carbons (Fsp3) is 0.533. The zero-order valence-electron chi connectivity index (χ0n) is 11.5. The normalized spacial score (nSPS) is 11.9. The predicted octanol–water partition coefficient (Wildman–Crippen LogP) is 3.85. The van der Waals surface area contributed by atoms with Gasteiger partial charge in [0.2, 0.25) is 0 Å². The van der Waals surface area contributed by atoms with Crippen LogP contribution in [0.5, 0.6) is 0 Å². The molecule has 0 aliphatic heterocycles. The molecule has 0 bridgehead atoms. The van der Waals surface area contributed by atoms with Crippen LogP contribution in [0.2, 0.25) is 0 Å². The number of esters is 1. The third-order valence-electron chi connectivity index (χ3n) is 2.94. The van der Waals surface area contributed by atoms with Gasteiger partial charge in [-0.2, -0.15) is 0 Å². The van der Waals surface area contributed by atoms with Gasteiger partial charge in [-0.25, -0.2) is 4.79 Å². The van der Waals surface area contributed by atoms with Crippen LogP contribution in [0.1, 0.15) is 49.9 Å². The maximum absolute atomic E-state index is 11.4. The summed E-state index contributed by atoms with van der Waals surface area (Å²) in [5, 5.41) is 3.41. The molecule has 0 saturated heterocycles. The molecule has 0 aliphatic carbocycles. The Bertz CT molecular complexity index is 377. The van der Waals surface area contributed by atoms with Crippen molar-refractivity contribution in [2.75, 3.05) is 12.4 Å². The van der Waals surface area contributed by atoms with E-state index in [1.807, 2.05) is 18.2 Å². The minimum Gasteiger partial charge on any atom is -0.465 e. The molecule has 0 fully saturated rings. The average Bonchev–Trinajstić information content (AvgIpc) is 2.38. The molecule has 1 unspecified atom stereocenters. The standard InChI is InChI=1S/C15H23NO2/c1-4-5-6-8-12(2)16-14-10-7-9-13(11-14)15(17)18-3/h7,9-12,16H,4-6,8H2,1-3H3. The van der Waals surface area contributed by atoms with Crippen LogP contribution in [0.4, 0.5) is 5.69 Å². The number of carbonyl (C=O) groups excluding carboxylic acids is 1. The van der Waals surface area contributed by atoms with Gasteiger partial charge >= 0.3 is 5.97 Å². The summed E-state index contributed by atoms with van der Waals surface area (Å²) in [6.45, 7) is 4.37. The number of hydrogen-bond donors (Lipinski definition) is 1. The van der Waals surface area contributed by atoms with Crippen molar-refractivity contribution in [3.8, 4) is 0 Å². The molecule has 1 aromatic carbocycles. The van der Waals surface area contributed by atoms with Crippen LogP contribution < -0.4 is 5.32 Å². The number of ether oxygens (including phenoxy) is 1. The van der Waals surface area contributed by atoms with Crippen molar-refractivity contribution in [2.45, 2.75) is 45.6 Å². The van der Waals surface area contributed by atoms with Crippen molar-refractivity contribution in [1.82, 2.24) is 0 Å². The second-order valence-corrected chi connectivity index (χ2v) is 4.61. The molecule has 0 aliphatic rings. The molecule has 0 amide bonds. The molecule has 0 radical (unpaired) electrons. The zero-order valence-corrected chi connectivity index (χ0v) is 11.5. The molecule has 3 nitrogen and oxygen atoms in total. The highest BCUT2D eigenvalue weighted by Gasteiger charge is 2.07. The Morgan fingerprint density at radius 3 is 2.83 bits per heavy atom. The van der Waals surface area contributed by atoms with Crippen LogP contribution >= 0.6 is 0 Å². The minimum absolute atomic E-state index is 0.294. The lowest BCUT2D eigenvalue weighted by molar-refractivity contribution is 0.0601. The fourth-order valence-electron chi connectivity index (χ4n) is 1.91. The molecule has 0 aromatic heterocycles. The van der Waals surface area contributed by atoms with Gasteiger partial charge in [0.05, 0.1) is 12.7 Å². The molecule has 18 heavy (non-hydrogen) atoms. The quantitative estimate of drug-likeness (QED) is 0.589. The smallest absolute Gasteiger partial charge is 0.337 e. The van der Waals surface area contributed by atoms with Crippen molar-refractivity contribution in [1.29, 1.82) is 0 Å². The molecule has 1 atom stereocenters. The molecular weight excluding hydrogens is 226 g/mol. The highest BCUT2D eigenvalue weighted by molar-refractivity contribution is 5.90. The molecule has 1 N–H and O–H groups in total. The zero-order chi connectivity index (χ0) is 13.4. The van der Waals surface area contributed by atoms with E-state index in [1.54, 1.807) is 6.07 Å². The molecule has 0 spiro atoms. The van der Waals surface area contributed by atoms with Crippen molar-refractivity contribution in [3.63, 3.8) is 0 Å². The van der Waals surface area contributed by atoms with Gasteiger partial charge in [-0.15, -0.1) is 0 Å². The molecule has 3 heteroatoms. The predicted molar refractivity (Wildman–Crippen MR) is 75.0 cm³/mol. The lowest BCUT2D eigenvalue weighted by Gasteiger charge is -2.15. The first-order valence-corrected chi connectivity index (χ1v) is 6.62. The lowest BCUT2D eigenvalue weighted by atomic mass is 10.1. The van der Waals surface area contributed by atoms with Crippen molar-refractivity contribution in [2.24, 2.45) is 0 Å². The maximum Gasteiger partial charge on any atom is 0.337 e. The van der Waals surface area contributed by atoms with Gasteiger partial charge in [0.1, 0.15) is 0 Å². The first-order chi connectivity index (χ1) is 8.67. The van der Waals surface area contributed by atoms with Gasteiger partial charge in [0.15, 0.2) is 0 Å². The number of rotatable bonds is 7. The number of unbranched alkanes of at least 4 members (excludes halogenated alkanes) is 2. The van der Waals surface area contributed by atoms with Gasteiger partial charge < -0.3 is 10.1 Å². The number of benzene rings is 1. The number of methoxy groups -OCH3 is 1. The van der Waals surface area contributed by atoms with E-state index in [0.717, 1.165) is 12.1 Å². The van der Waals surface area contributed by atoms with Crippen LogP contribution in [0.15, 0.2) is 24.3 Å². The first kappa shape index (κ1) is 14.6. The Balaban J connectivity index is 2.53. The third-order valence-corrected chi connectivity index (χ3v) is 2.94. The summed E-state index contributed by atoms with van der Waals surface area (Å²) in [4.78, 5) is 11.4. The highest BCUT2D eigenvalue weighted by atomic mass is 16.5. The molecule has 100 valence electrons. The van der Waals surface area contributed by atoms with Crippen molar-refractivity contribution in [3.05, 3.63) is 29.8 Å². The number of nitrogens with one attached hydrogen (secondary N) is 1. The summed E-state index contributed by atoms with van der Waals surface area (Å²) in [5.41, 5.74) is 1.56. The Hall–Kier alpha value is -1.51. The van der Waals surface area contributed by atoms with E-state index in [4.69, 9.17) is 4.74 Å². The summed E-state index contributed by atoms with van der Waals surface area (Å²) >= 11 is 0. The number of carbonyl (C=O) groups is 1. The fourth-order valence-corrected chi connectivity index (χ4v) is 1.91. The topological polar surface area (TPSA) is 38.3 Å². The van der Waals surface area contributed by atoms with E-state index >= 15 is 0 Å². The summed E-state index contributed by atoms with van der Waals surface area (Å²) in [6.07, 6.45) is 4.90. The summed E-state index contributed by atoms with van der Waals surface area (Å²) < 4.78 is 4.71. The Morgan fingerprint density at radius 2 is 2.17 bits per heavy atom. The Labute approximate surface area is 110 Å². The Morgan fingerprint density at radius 1 is 1.39 bits per heavy atom. The Kier molecular flexibility index (Phi) is 6.26. The van der Waals surface area contributed by atoms with Gasteiger partial charge in [0.25, 0.3) is 0 Å². The molecule has 0 heterocycles. The number of anilines is 1. The third kappa shape index (κ3) is 4.78. The molecule has 1 aromatic rings. The van der Waals surface area contributed by atoms with E-state index in [2.05, 4.69) is 19.2 Å². The molecule has 1 rings (SSSR count). The summed E-state index contributed by atoms with van der Waals surface area (Å²) in [6, 6.07) is 7.86. The maximum atomic E-state index is 11.4. The van der Waals surface area contributed by atoms with E-state index < -0.39 is 0 Å². The second-order valence-electron chi connectivity index (χ2n) is 4.61. The summed E-state index contributed by atoms with van der Waals surface area (Å²) in [5.74, 6) is -0.294. The van der Waals surface area contributed by atoms with Gasteiger partial charge in [0, 0.05) is 11.7 Å². The second kappa shape index (κ2) is 7.75. The van der Waals surface area contributed by atoms with E-state index in [1.165, 1.54) is 26.4 Å². The molecular formula is C15H23NO2. The average molecular weight is 249 g/mol. The molecule has 0 saturated carbocycles. The van der Waals surface area contributed by atoms with E-state index in [9.17, 15) is 4.79 Å². The van der Waals surface area contributed by atoms with E-state index in [-0.39, 0.29) is 5.97 Å². The first-order valence-electron chi connectivity index (χ1n) is 6.62. The van der Waals surface area contributed by atoms with Gasteiger partial charge in [-0.05, 0) is 31.5 Å². The highest BCUT2D eigenvalue weighted by Crippen LogP contribution is 2.14. The van der Waals surface area contributed by atoms with Crippen LogP contribution in [0.3, 0.4) is 0 Å². The van der Waals surface area contributed by atoms with E-state index in [0.29, 0.717) is 11.6 Å². The number of hydrogen-bond acceptors (Lipinski definition) is 3. The largest absolute Gasteiger partial charge is 0.465 e. The minimum atomic E-state index is -0.294. The van der Waals surface area contributed by atoms with Crippen LogP contribution in [0.25, 0.3) is 0 Å². The van der Waals surface area contributed by atoms with Gasteiger partial charge in [-0.3, -0.25) is 0 Å². The lowest BCUT2D eigenvalue weighted by Crippen LogP contribution is -2.15.